The van der Waals surface area contributed by atoms with Crippen molar-refractivity contribution in [1.82, 2.24) is 0 Å². The Labute approximate surface area is 121 Å². The standard InChI is InChI=1S/C18H24O2/c1-18(11-5-3-6-12-18)16-14-15(8-4-7-13-19)9-10-17(16)20-2/h4,7,9-10,13-14H,3,5-6,8,11-12H2,1-2H3/b7-4+. The summed E-state index contributed by atoms with van der Waals surface area (Å²) in [4.78, 5) is 10.4. The molecule has 2 nitrogen and oxygen atoms in total. The number of hydrogen-bond acceptors (Lipinski definition) is 2. The summed E-state index contributed by atoms with van der Waals surface area (Å²) in [5.41, 5.74) is 2.80. The molecule has 1 aliphatic carbocycles. The summed E-state index contributed by atoms with van der Waals surface area (Å²) in [6, 6.07) is 6.42. The number of hydrogen-bond donors (Lipinski definition) is 0. The topological polar surface area (TPSA) is 26.3 Å². The fourth-order valence-corrected chi connectivity index (χ4v) is 3.21. The maximum atomic E-state index is 10.4. The molecule has 1 aromatic rings. The number of carbonyl (C=O) groups excluding carboxylic acids is 1. The van der Waals surface area contributed by atoms with Crippen molar-refractivity contribution < 1.29 is 9.53 Å². The summed E-state index contributed by atoms with van der Waals surface area (Å²) in [5, 5.41) is 0. The molecule has 0 aromatic heterocycles. The molecule has 0 N–H and O–H groups in total. The molecular formula is C18H24O2. The van der Waals surface area contributed by atoms with E-state index in [4.69, 9.17) is 4.74 Å². The zero-order valence-electron chi connectivity index (χ0n) is 12.5. The van der Waals surface area contributed by atoms with Crippen molar-refractivity contribution in [2.45, 2.75) is 50.9 Å². The molecule has 0 aliphatic heterocycles. The Morgan fingerprint density at radius 3 is 2.65 bits per heavy atom. The van der Waals surface area contributed by atoms with Gasteiger partial charge < -0.3 is 4.74 Å². The van der Waals surface area contributed by atoms with Crippen LogP contribution in [-0.4, -0.2) is 13.4 Å². The normalized spacial score (nSPS) is 18.1. The minimum Gasteiger partial charge on any atom is -0.496 e. The average Bonchev–Trinajstić information content (AvgIpc) is 2.48. The monoisotopic (exact) mass is 272 g/mol. The van der Waals surface area contributed by atoms with Gasteiger partial charge in [0.25, 0.3) is 0 Å². The molecule has 0 amide bonds. The van der Waals surface area contributed by atoms with Crippen LogP contribution < -0.4 is 4.74 Å². The Morgan fingerprint density at radius 2 is 2.00 bits per heavy atom. The van der Waals surface area contributed by atoms with Gasteiger partial charge in [0.15, 0.2) is 0 Å². The van der Waals surface area contributed by atoms with Gasteiger partial charge in [0.05, 0.1) is 7.11 Å². The predicted molar refractivity (Wildman–Crippen MR) is 82.3 cm³/mol. The molecule has 1 saturated carbocycles. The fraction of sp³-hybridized carbons (Fsp3) is 0.500. The van der Waals surface area contributed by atoms with E-state index in [1.54, 1.807) is 13.2 Å². The Balaban J connectivity index is 2.30. The van der Waals surface area contributed by atoms with Crippen LogP contribution in [0.15, 0.2) is 30.4 Å². The van der Waals surface area contributed by atoms with Gasteiger partial charge in [-0.3, -0.25) is 4.79 Å². The molecule has 0 saturated heterocycles. The number of methoxy groups -OCH3 is 1. The van der Waals surface area contributed by atoms with Gasteiger partial charge in [-0.05, 0) is 42.4 Å². The van der Waals surface area contributed by atoms with E-state index in [1.807, 2.05) is 6.08 Å². The molecule has 0 bridgehead atoms. The number of aldehydes is 1. The summed E-state index contributed by atoms with van der Waals surface area (Å²) < 4.78 is 5.57. The first-order chi connectivity index (χ1) is 9.69. The van der Waals surface area contributed by atoms with Crippen LogP contribution in [0.25, 0.3) is 0 Å². The van der Waals surface area contributed by atoms with Crippen LogP contribution in [0.2, 0.25) is 0 Å². The van der Waals surface area contributed by atoms with Crippen LogP contribution in [0.5, 0.6) is 5.75 Å². The zero-order chi connectivity index (χ0) is 14.4. The number of carbonyl (C=O) groups is 1. The van der Waals surface area contributed by atoms with Crippen molar-refractivity contribution >= 4 is 6.29 Å². The molecule has 0 unspecified atom stereocenters. The molecule has 0 atom stereocenters. The smallest absolute Gasteiger partial charge is 0.142 e. The highest BCUT2D eigenvalue weighted by molar-refractivity contribution is 5.64. The highest BCUT2D eigenvalue weighted by Crippen LogP contribution is 2.43. The Hall–Kier alpha value is -1.57. The van der Waals surface area contributed by atoms with Gasteiger partial charge in [0.2, 0.25) is 0 Å². The van der Waals surface area contributed by atoms with Crippen LogP contribution in [0, 0.1) is 0 Å². The maximum Gasteiger partial charge on any atom is 0.142 e. The lowest BCUT2D eigenvalue weighted by atomic mass is 9.70. The Morgan fingerprint density at radius 1 is 1.25 bits per heavy atom. The van der Waals surface area contributed by atoms with Gasteiger partial charge in [-0.25, -0.2) is 0 Å². The Bertz CT molecular complexity index is 482. The first-order valence-corrected chi connectivity index (χ1v) is 7.47. The lowest BCUT2D eigenvalue weighted by Crippen LogP contribution is -2.25. The van der Waals surface area contributed by atoms with Gasteiger partial charge in [-0.2, -0.15) is 0 Å². The quantitative estimate of drug-likeness (QED) is 0.592. The molecule has 0 spiro atoms. The van der Waals surface area contributed by atoms with Crippen molar-refractivity contribution in [3.05, 3.63) is 41.5 Å². The largest absolute Gasteiger partial charge is 0.496 e. The van der Waals surface area contributed by atoms with Crippen LogP contribution in [-0.2, 0) is 16.6 Å². The van der Waals surface area contributed by atoms with Crippen molar-refractivity contribution in [3.8, 4) is 5.75 Å². The van der Waals surface area contributed by atoms with E-state index in [0.29, 0.717) is 0 Å². The molecule has 1 fully saturated rings. The molecule has 0 heterocycles. The highest BCUT2D eigenvalue weighted by atomic mass is 16.5. The van der Waals surface area contributed by atoms with E-state index in [1.165, 1.54) is 43.2 Å². The van der Waals surface area contributed by atoms with Crippen LogP contribution in [0.3, 0.4) is 0 Å². The Kier molecular flexibility index (Phi) is 4.99. The number of rotatable bonds is 5. The van der Waals surface area contributed by atoms with Crippen molar-refractivity contribution in [3.63, 3.8) is 0 Å². The first kappa shape index (κ1) is 14.8. The molecule has 0 radical (unpaired) electrons. The third kappa shape index (κ3) is 3.30. The van der Waals surface area contributed by atoms with E-state index in [2.05, 4.69) is 25.1 Å². The van der Waals surface area contributed by atoms with Crippen molar-refractivity contribution in [1.29, 1.82) is 0 Å². The minimum atomic E-state index is 0.230. The summed E-state index contributed by atoms with van der Waals surface area (Å²) in [6.45, 7) is 2.36. The summed E-state index contributed by atoms with van der Waals surface area (Å²) in [6.07, 6.45) is 11.5. The van der Waals surface area contributed by atoms with Crippen LogP contribution in [0.4, 0.5) is 0 Å². The third-order valence-electron chi connectivity index (χ3n) is 4.44. The van der Waals surface area contributed by atoms with Crippen LogP contribution in [0.1, 0.15) is 50.2 Å². The zero-order valence-corrected chi connectivity index (χ0v) is 12.5. The maximum absolute atomic E-state index is 10.4. The lowest BCUT2D eigenvalue weighted by molar-refractivity contribution is -0.104. The summed E-state index contributed by atoms with van der Waals surface area (Å²) >= 11 is 0. The number of ether oxygens (including phenoxy) is 1. The highest BCUT2D eigenvalue weighted by Gasteiger charge is 2.31. The number of benzene rings is 1. The number of allylic oxidation sites excluding steroid dienone is 2. The molecule has 108 valence electrons. The van der Waals surface area contributed by atoms with Crippen molar-refractivity contribution in [2.24, 2.45) is 0 Å². The summed E-state index contributed by atoms with van der Waals surface area (Å²) in [7, 11) is 1.75. The minimum absolute atomic E-state index is 0.230. The van der Waals surface area contributed by atoms with E-state index in [0.717, 1.165) is 18.5 Å². The lowest BCUT2D eigenvalue weighted by Gasteiger charge is -2.35. The molecule has 1 aromatic carbocycles. The predicted octanol–water partition coefficient (Wildman–Crippen LogP) is 4.21. The first-order valence-electron chi connectivity index (χ1n) is 7.47. The van der Waals surface area contributed by atoms with E-state index >= 15 is 0 Å². The van der Waals surface area contributed by atoms with E-state index in [9.17, 15) is 4.79 Å². The molecule has 1 aliphatic rings. The second-order valence-electron chi connectivity index (χ2n) is 5.92. The molecule has 2 heteroatoms. The molecule has 2 rings (SSSR count). The average molecular weight is 272 g/mol. The van der Waals surface area contributed by atoms with Crippen molar-refractivity contribution in [2.75, 3.05) is 7.11 Å². The SMILES string of the molecule is COc1ccc(C/C=C/C=O)cc1C1(C)CCCCC1. The second kappa shape index (κ2) is 6.74. The van der Waals surface area contributed by atoms with Gasteiger partial charge >= 0.3 is 0 Å². The molecular weight excluding hydrogens is 248 g/mol. The summed E-state index contributed by atoms with van der Waals surface area (Å²) in [5.74, 6) is 0.998. The van der Waals surface area contributed by atoms with Crippen LogP contribution >= 0.6 is 0 Å². The van der Waals surface area contributed by atoms with Gasteiger partial charge in [0, 0.05) is 5.56 Å². The van der Waals surface area contributed by atoms with Gasteiger partial charge in [-0.15, -0.1) is 0 Å². The third-order valence-corrected chi connectivity index (χ3v) is 4.44. The van der Waals surface area contributed by atoms with Gasteiger partial charge in [-0.1, -0.05) is 44.4 Å². The fourth-order valence-electron chi connectivity index (χ4n) is 3.21. The second-order valence-corrected chi connectivity index (χ2v) is 5.92. The van der Waals surface area contributed by atoms with E-state index < -0.39 is 0 Å². The van der Waals surface area contributed by atoms with Gasteiger partial charge in [0.1, 0.15) is 12.0 Å². The van der Waals surface area contributed by atoms with E-state index in [-0.39, 0.29) is 5.41 Å². The molecule has 20 heavy (non-hydrogen) atoms.